The summed E-state index contributed by atoms with van der Waals surface area (Å²) in [5.41, 5.74) is 1.19. The summed E-state index contributed by atoms with van der Waals surface area (Å²) in [6, 6.07) is 4.07. The van der Waals surface area contributed by atoms with E-state index in [-0.39, 0.29) is 5.56 Å². The van der Waals surface area contributed by atoms with E-state index in [0.717, 1.165) is 11.5 Å². The van der Waals surface area contributed by atoms with Crippen molar-refractivity contribution in [3.63, 3.8) is 0 Å². The van der Waals surface area contributed by atoms with Crippen molar-refractivity contribution < 1.29 is 18.7 Å². The third-order valence-corrected chi connectivity index (χ3v) is 3.53. The van der Waals surface area contributed by atoms with Gasteiger partial charge in [0, 0.05) is 5.75 Å². The van der Waals surface area contributed by atoms with Crippen LogP contribution in [0.1, 0.15) is 27.4 Å². The van der Waals surface area contributed by atoms with E-state index in [2.05, 4.69) is 4.98 Å². The Morgan fingerprint density at radius 1 is 1.47 bits per heavy atom. The summed E-state index contributed by atoms with van der Waals surface area (Å²) < 4.78 is 18.9. The van der Waals surface area contributed by atoms with Gasteiger partial charge in [0.05, 0.1) is 11.3 Å². The minimum absolute atomic E-state index is 0.323. The topological polar surface area (TPSA) is 63.3 Å². The van der Waals surface area contributed by atoms with Gasteiger partial charge in [-0.05, 0) is 31.5 Å². The SMILES string of the molecule is Cc1nc(SCc2ccc(C(=O)O)c(F)c2)oc1C. The maximum atomic E-state index is 13.5. The number of carbonyl (C=O) groups is 1. The monoisotopic (exact) mass is 281 g/mol. The second-order valence-corrected chi connectivity index (χ2v) is 4.96. The number of halogens is 1. The number of rotatable bonds is 4. The van der Waals surface area contributed by atoms with Crippen LogP contribution in [0.4, 0.5) is 4.39 Å². The van der Waals surface area contributed by atoms with Crippen LogP contribution in [0.25, 0.3) is 0 Å². The molecule has 1 aromatic carbocycles. The number of hydrogen-bond donors (Lipinski definition) is 1. The Kier molecular flexibility index (Phi) is 3.90. The van der Waals surface area contributed by atoms with Gasteiger partial charge in [-0.2, -0.15) is 0 Å². The molecule has 4 nitrogen and oxygen atoms in total. The van der Waals surface area contributed by atoms with Crippen LogP contribution < -0.4 is 0 Å². The molecule has 0 unspecified atom stereocenters. The van der Waals surface area contributed by atoms with Gasteiger partial charge in [-0.3, -0.25) is 0 Å². The van der Waals surface area contributed by atoms with Gasteiger partial charge in [0.15, 0.2) is 0 Å². The molecular formula is C13H12FNO3S. The molecular weight excluding hydrogens is 269 g/mol. The quantitative estimate of drug-likeness (QED) is 0.870. The molecule has 2 rings (SSSR count). The standard InChI is InChI=1S/C13H12FNO3S/c1-7-8(2)18-13(15-7)19-6-9-3-4-10(12(16)17)11(14)5-9/h3-5H,6H2,1-2H3,(H,16,17). The van der Waals surface area contributed by atoms with E-state index in [4.69, 9.17) is 9.52 Å². The number of aromatic nitrogens is 1. The highest BCUT2D eigenvalue weighted by atomic mass is 32.2. The molecule has 0 bridgehead atoms. The highest BCUT2D eigenvalue weighted by Gasteiger charge is 2.11. The lowest BCUT2D eigenvalue weighted by atomic mass is 10.1. The lowest BCUT2D eigenvalue weighted by Crippen LogP contribution is -2.00. The van der Waals surface area contributed by atoms with Crippen molar-refractivity contribution >= 4 is 17.7 Å². The predicted octanol–water partition coefficient (Wildman–Crippen LogP) is 3.42. The first-order chi connectivity index (χ1) is 8.97. The Bertz CT molecular complexity index is 605. The molecule has 0 atom stereocenters. The average molecular weight is 281 g/mol. The number of thioether (sulfide) groups is 1. The van der Waals surface area contributed by atoms with Gasteiger partial charge in [0.1, 0.15) is 11.6 Å². The van der Waals surface area contributed by atoms with Gasteiger partial charge in [0.2, 0.25) is 0 Å². The maximum Gasteiger partial charge on any atom is 0.338 e. The first-order valence-corrected chi connectivity index (χ1v) is 6.54. The number of aryl methyl sites for hydroxylation is 2. The third-order valence-electron chi connectivity index (χ3n) is 2.64. The zero-order chi connectivity index (χ0) is 14.0. The van der Waals surface area contributed by atoms with Gasteiger partial charge in [0.25, 0.3) is 5.22 Å². The summed E-state index contributed by atoms with van der Waals surface area (Å²) in [4.78, 5) is 14.9. The Morgan fingerprint density at radius 2 is 2.21 bits per heavy atom. The Morgan fingerprint density at radius 3 is 2.74 bits per heavy atom. The summed E-state index contributed by atoms with van der Waals surface area (Å²) in [7, 11) is 0. The van der Waals surface area contributed by atoms with Crippen LogP contribution in [0, 0.1) is 19.7 Å². The molecule has 100 valence electrons. The molecule has 1 aromatic heterocycles. The van der Waals surface area contributed by atoms with Crippen molar-refractivity contribution in [3.8, 4) is 0 Å². The zero-order valence-corrected chi connectivity index (χ0v) is 11.3. The van der Waals surface area contributed by atoms with E-state index in [1.807, 2.05) is 13.8 Å². The minimum Gasteiger partial charge on any atom is -0.478 e. The predicted molar refractivity (Wildman–Crippen MR) is 68.9 cm³/mol. The summed E-state index contributed by atoms with van der Waals surface area (Å²) in [6.07, 6.45) is 0. The molecule has 0 amide bonds. The molecule has 0 spiro atoms. The number of oxazole rings is 1. The highest BCUT2D eigenvalue weighted by Crippen LogP contribution is 2.24. The number of carboxylic acid groups (broad SMARTS) is 1. The second kappa shape index (κ2) is 5.44. The van der Waals surface area contributed by atoms with Crippen molar-refractivity contribution in [3.05, 3.63) is 46.6 Å². The Hall–Kier alpha value is -1.82. The third kappa shape index (κ3) is 3.14. The lowest BCUT2D eigenvalue weighted by Gasteiger charge is -2.01. The van der Waals surface area contributed by atoms with E-state index in [9.17, 15) is 9.18 Å². The normalized spacial score (nSPS) is 10.7. The molecule has 0 saturated heterocycles. The Labute approximate surface area is 113 Å². The summed E-state index contributed by atoms with van der Waals surface area (Å²) in [6.45, 7) is 3.68. The van der Waals surface area contributed by atoms with Crippen LogP contribution in [-0.4, -0.2) is 16.1 Å². The van der Waals surface area contributed by atoms with E-state index in [1.54, 1.807) is 6.07 Å². The number of benzene rings is 1. The van der Waals surface area contributed by atoms with Gasteiger partial charge >= 0.3 is 5.97 Å². The van der Waals surface area contributed by atoms with Gasteiger partial charge in [-0.25, -0.2) is 14.2 Å². The number of aromatic carboxylic acids is 1. The molecule has 19 heavy (non-hydrogen) atoms. The molecule has 0 saturated carbocycles. The van der Waals surface area contributed by atoms with Gasteiger partial charge < -0.3 is 9.52 Å². The van der Waals surface area contributed by atoms with Crippen molar-refractivity contribution in [1.82, 2.24) is 4.98 Å². The van der Waals surface area contributed by atoms with Crippen LogP contribution in [0.5, 0.6) is 0 Å². The fourth-order valence-corrected chi connectivity index (χ4v) is 2.33. The maximum absolute atomic E-state index is 13.5. The molecule has 0 aliphatic carbocycles. The molecule has 1 N–H and O–H groups in total. The molecule has 2 aromatic rings. The van der Waals surface area contributed by atoms with Crippen LogP contribution >= 0.6 is 11.8 Å². The molecule has 0 radical (unpaired) electrons. The largest absolute Gasteiger partial charge is 0.478 e. The number of nitrogens with zero attached hydrogens (tertiary/aromatic N) is 1. The van der Waals surface area contributed by atoms with Crippen molar-refractivity contribution in [2.24, 2.45) is 0 Å². The van der Waals surface area contributed by atoms with Crippen LogP contribution in [0.15, 0.2) is 27.8 Å². The first kappa shape index (κ1) is 13.6. The molecule has 0 aliphatic heterocycles. The van der Waals surface area contributed by atoms with E-state index in [0.29, 0.717) is 16.5 Å². The highest BCUT2D eigenvalue weighted by molar-refractivity contribution is 7.98. The average Bonchev–Trinajstić information content (AvgIpc) is 2.66. The van der Waals surface area contributed by atoms with Gasteiger partial charge in [-0.1, -0.05) is 17.8 Å². The zero-order valence-electron chi connectivity index (χ0n) is 10.4. The Balaban J connectivity index is 2.08. The molecule has 0 fully saturated rings. The first-order valence-electron chi connectivity index (χ1n) is 5.56. The van der Waals surface area contributed by atoms with Crippen LogP contribution in [0.3, 0.4) is 0 Å². The van der Waals surface area contributed by atoms with E-state index in [1.165, 1.54) is 23.9 Å². The van der Waals surface area contributed by atoms with Crippen LogP contribution in [-0.2, 0) is 5.75 Å². The van der Waals surface area contributed by atoms with E-state index >= 15 is 0 Å². The van der Waals surface area contributed by atoms with Crippen LogP contribution in [0.2, 0.25) is 0 Å². The van der Waals surface area contributed by atoms with Crippen molar-refractivity contribution in [1.29, 1.82) is 0 Å². The summed E-state index contributed by atoms with van der Waals surface area (Å²) >= 11 is 1.34. The van der Waals surface area contributed by atoms with Crippen molar-refractivity contribution in [2.45, 2.75) is 24.8 Å². The molecule has 0 aliphatic rings. The molecule has 1 heterocycles. The molecule has 6 heteroatoms. The smallest absolute Gasteiger partial charge is 0.338 e. The minimum atomic E-state index is -1.27. The fourth-order valence-electron chi connectivity index (χ4n) is 1.47. The second-order valence-electron chi connectivity index (χ2n) is 4.03. The number of carboxylic acids is 1. The van der Waals surface area contributed by atoms with Crippen molar-refractivity contribution in [2.75, 3.05) is 0 Å². The van der Waals surface area contributed by atoms with Gasteiger partial charge in [-0.15, -0.1) is 0 Å². The summed E-state index contributed by atoms with van der Waals surface area (Å²) in [5, 5.41) is 9.25. The number of hydrogen-bond acceptors (Lipinski definition) is 4. The summed E-state index contributed by atoms with van der Waals surface area (Å²) in [5.74, 6) is -0.771. The van der Waals surface area contributed by atoms with E-state index < -0.39 is 11.8 Å². The lowest BCUT2D eigenvalue weighted by molar-refractivity contribution is 0.0692. The fraction of sp³-hybridized carbons (Fsp3) is 0.231.